The second-order valence-electron chi connectivity index (χ2n) is 3.27. The van der Waals surface area contributed by atoms with Gasteiger partial charge >= 0.3 is 0 Å². The Morgan fingerprint density at radius 3 is 1.44 bits per heavy atom. The molecule has 0 radical (unpaired) electrons. The molecule has 0 aliphatic heterocycles. The van der Waals surface area contributed by atoms with Crippen LogP contribution < -0.4 is 10.2 Å². The van der Waals surface area contributed by atoms with Gasteiger partial charge in [-0.2, -0.15) is 0 Å². The fraction of sp³-hybridized carbons (Fsp3) is 0. The van der Waals surface area contributed by atoms with E-state index in [1.165, 1.54) is 24.3 Å². The van der Waals surface area contributed by atoms with Crippen molar-refractivity contribution in [3.8, 4) is 36.2 Å². The summed E-state index contributed by atoms with van der Waals surface area (Å²) in [6.07, 6.45) is 10.4. The Kier molecular flexibility index (Phi) is 2.20. The van der Waals surface area contributed by atoms with Crippen molar-refractivity contribution in [3.63, 3.8) is 0 Å². The molecule has 2 heteroatoms. The number of rotatable bonds is 0. The summed E-state index contributed by atoms with van der Waals surface area (Å²) >= 11 is 0. The van der Waals surface area contributed by atoms with Crippen LogP contribution in [0.25, 0.3) is 10.8 Å². The van der Waals surface area contributed by atoms with Gasteiger partial charge in [-0.1, -0.05) is 35.5 Å². The van der Waals surface area contributed by atoms with Crippen molar-refractivity contribution >= 4 is 10.8 Å². The Morgan fingerprint density at radius 2 is 1.12 bits per heavy atom. The first kappa shape index (κ1) is 9.96. The number of hydrogen-bond donors (Lipinski definition) is 0. The molecule has 16 heavy (non-hydrogen) atoms. The molecule has 2 nitrogen and oxygen atoms in total. The van der Waals surface area contributed by atoms with Gasteiger partial charge in [0, 0.05) is 11.1 Å². The van der Waals surface area contributed by atoms with E-state index in [9.17, 15) is 10.2 Å². The van der Waals surface area contributed by atoms with Crippen molar-refractivity contribution in [2.75, 3.05) is 0 Å². The Morgan fingerprint density at radius 1 is 0.750 bits per heavy atom. The summed E-state index contributed by atoms with van der Waals surface area (Å²) in [6.45, 7) is 0. The van der Waals surface area contributed by atoms with E-state index in [0.29, 0.717) is 10.8 Å². The Labute approximate surface area is 93.2 Å². The van der Waals surface area contributed by atoms with Gasteiger partial charge in [-0.3, -0.25) is 0 Å². The highest BCUT2D eigenvalue weighted by molar-refractivity contribution is 5.95. The molecule has 0 bridgehead atoms. The smallest absolute Gasteiger partial charge is 0.0170 e. The van der Waals surface area contributed by atoms with Gasteiger partial charge in [-0.25, -0.2) is 0 Å². The molecule has 2 aromatic rings. The maximum atomic E-state index is 11.8. The van der Waals surface area contributed by atoms with Crippen LogP contribution >= 0.6 is 0 Å². The summed E-state index contributed by atoms with van der Waals surface area (Å²) in [4.78, 5) is 0. The summed E-state index contributed by atoms with van der Waals surface area (Å²) < 4.78 is 0. The van der Waals surface area contributed by atoms with Crippen LogP contribution in [0.2, 0.25) is 0 Å². The Bertz CT molecular complexity index is 596. The highest BCUT2D eigenvalue weighted by Gasteiger charge is 2.00. The molecule has 0 aliphatic rings. The minimum Gasteiger partial charge on any atom is -0.871 e. The minimum atomic E-state index is -0.305. The molecule has 0 aromatic heterocycles. The normalized spacial score (nSPS) is 9.62. The minimum absolute atomic E-state index is 0.250. The number of benzene rings is 2. The van der Waals surface area contributed by atoms with Crippen molar-refractivity contribution in [2.45, 2.75) is 0 Å². The maximum Gasteiger partial charge on any atom is 0.0170 e. The van der Waals surface area contributed by atoms with Gasteiger partial charge in [-0.15, -0.1) is 12.8 Å². The molecule has 0 heterocycles. The van der Waals surface area contributed by atoms with E-state index < -0.39 is 0 Å². The van der Waals surface area contributed by atoms with Gasteiger partial charge in [0.1, 0.15) is 0 Å². The van der Waals surface area contributed by atoms with Gasteiger partial charge in [-0.05, 0) is 22.9 Å². The predicted molar refractivity (Wildman–Crippen MR) is 58.7 cm³/mol. The average Bonchev–Trinajstić information content (AvgIpc) is 2.31. The molecule has 0 saturated heterocycles. The standard InChI is InChI=1S/C14H8O2/c1-3-9-5-7-12-11(13(9)15)8-6-10(4-2)14(12)16/h1-2,5-8,15-16H/p-2. The van der Waals surface area contributed by atoms with E-state index in [1.54, 1.807) is 0 Å². The third-order valence-electron chi connectivity index (χ3n) is 2.41. The number of terminal acetylenes is 2. The first-order valence-corrected chi connectivity index (χ1v) is 4.56. The fourth-order valence-corrected chi connectivity index (χ4v) is 1.58. The second-order valence-corrected chi connectivity index (χ2v) is 3.27. The number of fused-ring (bicyclic) bond motifs is 1. The Hall–Kier alpha value is -2.58. The van der Waals surface area contributed by atoms with Crippen LogP contribution in [0, 0.1) is 24.7 Å². The topological polar surface area (TPSA) is 46.1 Å². The van der Waals surface area contributed by atoms with Gasteiger partial charge in [0.15, 0.2) is 0 Å². The van der Waals surface area contributed by atoms with E-state index in [1.807, 2.05) is 0 Å². The second kappa shape index (κ2) is 3.53. The van der Waals surface area contributed by atoms with Crippen LogP contribution in [0.5, 0.6) is 11.5 Å². The first-order chi connectivity index (χ1) is 7.69. The largest absolute Gasteiger partial charge is 0.871 e. The molecular weight excluding hydrogens is 200 g/mol. The molecule has 0 spiro atoms. The molecule has 0 amide bonds. The van der Waals surface area contributed by atoms with Gasteiger partial charge in [0.25, 0.3) is 0 Å². The lowest BCUT2D eigenvalue weighted by Gasteiger charge is -2.19. The molecule has 0 saturated carbocycles. The summed E-state index contributed by atoms with van der Waals surface area (Å²) in [5, 5.41) is 24.2. The third-order valence-corrected chi connectivity index (χ3v) is 2.41. The molecule has 2 aromatic carbocycles. The van der Waals surface area contributed by atoms with Gasteiger partial charge in [0.2, 0.25) is 0 Å². The molecule has 0 atom stereocenters. The van der Waals surface area contributed by atoms with Crippen LogP contribution in [-0.2, 0) is 0 Å². The SMILES string of the molecule is C#Cc1ccc2c([O-])c(C#C)ccc2c1[O-]. The highest BCUT2D eigenvalue weighted by Crippen LogP contribution is 2.32. The van der Waals surface area contributed by atoms with E-state index in [0.717, 1.165) is 0 Å². The van der Waals surface area contributed by atoms with Crippen LogP contribution in [0.4, 0.5) is 0 Å². The molecule has 0 aliphatic carbocycles. The van der Waals surface area contributed by atoms with Gasteiger partial charge in [0.05, 0.1) is 0 Å². The van der Waals surface area contributed by atoms with E-state index in [4.69, 9.17) is 12.8 Å². The van der Waals surface area contributed by atoms with Crippen LogP contribution in [0.1, 0.15) is 11.1 Å². The molecule has 2 rings (SSSR count). The number of hydrogen-bond acceptors (Lipinski definition) is 2. The van der Waals surface area contributed by atoms with Crippen molar-refractivity contribution in [3.05, 3.63) is 35.4 Å². The molecular formula is C14H6O2-2. The van der Waals surface area contributed by atoms with Crippen molar-refractivity contribution in [2.24, 2.45) is 0 Å². The summed E-state index contributed by atoms with van der Waals surface area (Å²) in [6, 6.07) is 6.00. The lowest BCUT2D eigenvalue weighted by atomic mass is 10.0. The zero-order valence-electron chi connectivity index (χ0n) is 8.28. The molecule has 0 unspecified atom stereocenters. The van der Waals surface area contributed by atoms with E-state index in [2.05, 4.69) is 11.8 Å². The molecule has 0 fully saturated rings. The Balaban J connectivity index is 2.92. The zero-order chi connectivity index (χ0) is 11.7. The van der Waals surface area contributed by atoms with E-state index >= 15 is 0 Å². The van der Waals surface area contributed by atoms with Crippen LogP contribution in [-0.4, -0.2) is 0 Å². The predicted octanol–water partition coefficient (Wildman–Crippen LogP) is 0.950. The lowest BCUT2D eigenvalue weighted by molar-refractivity contribution is -0.268. The fourth-order valence-electron chi connectivity index (χ4n) is 1.58. The van der Waals surface area contributed by atoms with Gasteiger partial charge < -0.3 is 10.2 Å². The summed E-state index contributed by atoms with van der Waals surface area (Å²) in [5.41, 5.74) is 0.501. The monoisotopic (exact) mass is 206 g/mol. The van der Waals surface area contributed by atoms with Crippen molar-refractivity contribution < 1.29 is 10.2 Å². The van der Waals surface area contributed by atoms with Crippen molar-refractivity contribution in [1.29, 1.82) is 0 Å². The van der Waals surface area contributed by atoms with Crippen LogP contribution in [0.15, 0.2) is 24.3 Å². The maximum absolute atomic E-state index is 11.8. The first-order valence-electron chi connectivity index (χ1n) is 4.56. The van der Waals surface area contributed by atoms with Crippen LogP contribution in [0.3, 0.4) is 0 Å². The lowest BCUT2D eigenvalue weighted by Crippen LogP contribution is -1.99. The van der Waals surface area contributed by atoms with E-state index in [-0.39, 0.29) is 22.6 Å². The third kappa shape index (κ3) is 1.26. The molecule has 0 N–H and O–H groups in total. The quantitative estimate of drug-likeness (QED) is 0.602. The highest BCUT2D eigenvalue weighted by atomic mass is 16.3. The summed E-state index contributed by atoms with van der Waals surface area (Å²) in [7, 11) is 0. The zero-order valence-corrected chi connectivity index (χ0v) is 8.28. The van der Waals surface area contributed by atoms with Crippen molar-refractivity contribution in [1.82, 2.24) is 0 Å². The average molecular weight is 206 g/mol. The summed E-state index contributed by atoms with van der Waals surface area (Å²) in [5.74, 6) is 3.95. The molecule has 76 valence electrons.